The van der Waals surface area contributed by atoms with Crippen molar-refractivity contribution >= 4 is 17.5 Å². The molecular formula is C16H18N4O2. The second-order valence-corrected chi connectivity index (χ2v) is 5.31. The molecule has 6 nitrogen and oxygen atoms in total. The van der Waals surface area contributed by atoms with Gasteiger partial charge in [-0.3, -0.25) is 14.3 Å². The van der Waals surface area contributed by atoms with Gasteiger partial charge in [-0.15, -0.1) is 0 Å². The molecule has 1 aromatic heterocycles. The van der Waals surface area contributed by atoms with E-state index in [9.17, 15) is 9.59 Å². The molecule has 0 radical (unpaired) electrons. The van der Waals surface area contributed by atoms with E-state index in [1.165, 1.54) is 0 Å². The fourth-order valence-electron chi connectivity index (χ4n) is 2.65. The van der Waals surface area contributed by atoms with Crippen LogP contribution in [0.2, 0.25) is 0 Å². The molecule has 2 amide bonds. The molecular weight excluding hydrogens is 280 g/mol. The number of hydrogen-bond donors (Lipinski definition) is 2. The van der Waals surface area contributed by atoms with Gasteiger partial charge in [0.1, 0.15) is 0 Å². The fourth-order valence-corrected chi connectivity index (χ4v) is 2.65. The second-order valence-electron chi connectivity index (χ2n) is 5.31. The Morgan fingerprint density at radius 2 is 2.23 bits per heavy atom. The molecule has 0 saturated heterocycles. The van der Waals surface area contributed by atoms with E-state index in [2.05, 4.69) is 15.7 Å². The van der Waals surface area contributed by atoms with Crippen molar-refractivity contribution in [2.24, 2.45) is 0 Å². The zero-order chi connectivity index (χ0) is 15.4. The summed E-state index contributed by atoms with van der Waals surface area (Å²) in [5.74, 6) is -0.618. The van der Waals surface area contributed by atoms with Crippen LogP contribution in [0.15, 0.2) is 42.7 Å². The van der Waals surface area contributed by atoms with Crippen LogP contribution in [0.1, 0.15) is 24.3 Å². The Hall–Kier alpha value is -2.63. The third-order valence-corrected chi connectivity index (χ3v) is 3.74. The summed E-state index contributed by atoms with van der Waals surface area (Å²) >= 11 is 0. The number of carbonyl (C=O) groups excluding carboxylic acids is 2. The van der Waals surface area contributed by atoms with Crippen molar-refractivity contribution in [2.45, 2.75) is 25.3 Å². The Labute approximate surface area is 128 Å². The molecule has 3 rings (SSSR count). The number of benzene rings is 1. The number of aromatic nitrogens is 2. The summed E-state index contributed by atoms with van der Waals surface area (Å²) in [6.45, 7) is 1.33. The topological polar surface area (TPSA) is 76.0 Å². The van der Waals surface area contributed by atoms with E-state index >= 15 is 0 Å². The van der Waals surface area contributed by atoms with Crippen molar-refractivity contribution in [1.29, 1.82) is 0 Å². The first-order valence-electron chi connectivity index (χ1n) is 7.38. The number of para-hydroxylation sites is 1. The Balaban J connectivity index is 1.57. The van der Waals surface area contributed by atoms with E-state index < -0.39 is 5.92 Å². The highest BCUT2D eigenvalue weighted by Gasteiger charge is 2.29. The van der Waals surface area contributed by atoms with Gasteiger partial charge >= 0.3 is 0 Å². The zero-order valence-electron chi connectivity index (χ0n) is 12.2. The lowest BCUT2D eigenvalue weighted by Crippen LogP contribution is -2.35. The Kier molecular flexibility index (Phi) is 4.18. The Morgan fingerprint density at radius 1 is 1.36 bits per heavy atom. The quantitative estimate of drug-likeness (QED) is 0.822. The van der Waals surface area contributed by atoms with Crippen LogP contribution < -0.4 is 10.6 Å². The highest BCUT2D eigenvalue weighted by Crippen LogP contribution is 2.31. The van der Waals surface area contributed by atoms with Crippen molar-refractivity contribution in [3.8, 4) is 0 Å². The average molecular weight is 298 g/mol. The van der Waals surface area contributed by atoms with Gasteiger partial charge in [0, 0.05) is 37.6 Å². The van der Waals surface area contributed by atoms with E-state index in [0.717, 1.165) is 24.2 Å². The number of amides is 2. The summed E-state index contributed by atoms with van der Waals surface area (Å²) in [5, 5.41) is 9.83. The smallest absolute Gasteiger partial charge is 0.228 e. The average Bonchev–Trinajstić information content (AvgIpc) is 3.04. The van der Waals surface area contributed by atoms with Crippen LogP contribution in [-0.4, -0.2) is 28.1 Å². The molecule has 1 aliphatic heterocycles. The van der Waals surface area contributed by atoms with Gasteiger partial charge in [0.2, 0.25) is 11.8 Å². The van der Waals surface area contributed by atoms with Gasteiger partial charge < -0.3 is 10.6 Å². The van der Waals surface area contributed by atoms with Crippen LogP contribution in [-0.2, 0) is 16.1 Å². The molecule has 1 aromatic carbocycles. The highest BCUT2D eigenvalue weighted by atomic mass is 16.2. The Bertz CT molecular complexity index is 667. The molecule has 1 atom stereocenters. The first-order valence-corrected chi connectivity index (χ1v) is 7.38. The summed E-state index contributed by atoms with van der Waals surface area (Å²) in [6.07, 6.45) is 4.62. The lowest BCUT2D eigenvalue weighted by Gasteiger charge is -2.24. The molecule has 2 N–H and O–H groups in total. The van der Waals surface area contributed by atoms with Gasteiger partial charge in [-0.2, -0.15) is 5.10 Å². The number of fused-ring (bicyclic) bond motifs is 1. The lowest BCUT2D eigenvalue weighted by atomic mass is 9.90. The van der Waals surface area contributed by atoms with Crippen molar-refractivity contribution in [3.63, 3.8) is 0 Å². The van der Waals surface area contributed by atoms with Crippen LogP contribution >= 0.6 is 0 Å². The van der Waals surface area contributed by atoms with Crippen LogP contribution in [0.25, 0.3) is 0 Å². The number of hydrogen-bond acceptors (Lipinski definition) is 3. The van der Waals surface area contributed by atoms with E-state index in [0.29, 0.717) is 6.54 Å². The molecule has 0 fully saturated rings. The molecule has 6 heteroatoms. The number of rotatable bonds is 5. The van der Waals surface area contributed by atoms with Crippen LogP contribution in [0.3, 0.4) is 0 Å². The maximum absolute atomic E-state index is 12.4. The maximum atomic E-state index is 12.4. The monoisotopic (exact) mass is 298 g/mol. The summed E-state index contributed by atoms with van der Waals surface area (Å²) in [4.78, 5) is 24.1. The lowest BCUT2D eigenvalue weighted by molar-refractivity contribution is -0.126. The van der Waals surface area contributed by atoms with Crippen molar-refractivity contribution < 1.29 is 9.59 Å². The normalized spacial score (nSPS) is 16.7. The van der Waals surface area contributed by atoms with E-state index in [-0.39, 0.29) is 18.2 Å². The SMILES string of the molecule is O=C1CC(C(=O)NCCCn2cccn2)c2ccccc2N1. The van der Waals surface area contributed by atoms with Gasteiger partial charge in [0.25, 0.3) is 0 Å². The third kappa shape index (κ3) is 3.16. The van der Waals surface area contributed by atoms with Gasteiger partial charge in [-0.05, 0) is 24.1 Å². The number of nitrogens with one attached hydrogen (secondary N) is 2. The summed E-state index contributed by atoms with van der Waals surface area (Å²) in [5.41, 5.74) is 1.61. The standard InChI is InChI=1S/C16H18N4O2/c21-15-11-13(12-5-1-2-6-14(12)19-15)16(22)17-7-3-9-20-10-4-8-18-20/h1-2,4-6,8,10,13H,3,7,9,11H2,(H,17,22)(H,19,21). The number of nitrogens with zero attached hydrogens (tertiary/aromatic N) is 2. The van der Waals surface area contributed by atoms with Crippen LogP contribution in [0.4, 0.5) is 5.69 Å². The minimum Gasteiger partial charge on any atom is -0.355 e. The molecule has 0 spiro atoms. The molecule has 0 aliphatic carbocycles. The largest absolute Gasteiger partial charge is 0.355 e. The molecule has 114 valence electrons. The number of aryl methyl sites for hydroxylation is 1. The van der Waals surface area contributed by atoms with Gasteiger partial charge in [0.05, 0.1) is 5.92 Å². The van der Waals surface area contributed by atoms with Gasteiger partial charge in [-0.25, -0.2) is 0 Å². The molecule has 1 unspecified atom stereocenters. The predicted octanol–water partition coefficient (Wildman–Crippen LogP) is 1.52. The summed E-state index contributed by atoms with van der Waals surface area (Å²) in [6, 6.07) is 9.32. The molecule has 0 saturated carbocycles. The third-order valence-electron chi connectivity index (χ3n) is 3.74. The van der Waals surface area contributed by atoms with E-state index in [1.807, 2.05) is 41.2 Å². The number of anilines is 1. The molecule has 22 heavy (non-hydrogen) atoms. The zero-order valence-corrected chi connectivity index (χ0v) is 12.2. The Morgan fingerprint density at radius 3 is 3.05 bits per heavy atom. The fraction of sp³-hybridized carbons (Fsp3) is 0.312. The molecule has 2 aromatic rings. The first-order chi connectivity index (χ1) is 10.7. The summed E-state index contributed by atoms with van der Waals surface area (Å²) in [7, 11) is 0. The van der Waals surface area contributed by atoms with Gasteiger partial charge in [-0.1, -0.05) is 18.2 Å². The van der Waals surface area contributed by atoms with Crippen molar-refractivity contribution in [3.05, 3.63) is 48.3 Å². The minimum absolute atomic E-state index is 0.0947. The minimum atomic E-state index is -0.408. The predicted molar refractivity (Wildman–Crippen MR) is 82.3 cm³/mol. The second kappa shape index (κ2) is 6.43. The van der Waals surface area contributed by atoms with E-state index in [4.69, 9.17) is 0 Å². The first kappa shape index (κ1) is 14.3. The highest BCUT2D eigenvalue weighted by molar-refractivity contribution is 6.01. The van der Waals surface area contributed by atoms with Crippen LogP contribution in [0, 0.1) is 0 Å². The molecule has 2 heterocycles. The van der Waals surface area contributed by atoms with Crippen molar-refractivity contribution in [2.75, 3.05) is 11.9 Å². The maximum Gasteiger partial charge on any atom is 0.228 e. The van der Waals surface area contributed by atoms with Crippen LogP contribution in [0.5, 0.6) is 0 Å². The summed E-state index contributed by atoms with van der Waals surface area (Å²) < 4.78 is 1.83. The van der Waals surface area contributed by atoms with Gasteiger partial charge in [0.15, 0.2) is 0 Å². The molecule has 0 bridgehead atoms. The van der Waals surface area contributed by atoms with Crippen molar-refractivity contribution in [1.82, 2.24) is 15.1 Å². The molecule has 1 aliphatic rings. The number of carbonyl (C=O) groups is 2. The van der Waals surface area contributed by atoms with E-state index in [1.54, 1.807) is 6.20 Å².